The minimum Gasteiger partial charge on any atom is -0.456 e. The number of benzene rings is 1. The third kappa shape index (κ3) is 5.29. The molecule has 0 unspecified atom stereocenters. The average Bonchev–Trinajstić information content (AvgIpc) is 3.13. The molecule has 152 valence electrons. The number of anilines is 1. The van der Waals surface area contributed by atoms with Gasteiger partial charge in [0.1, 0.15) is 13.2 Å². The lowest BCUT2D eigenvalue weighted by atomic mass is 9.89. The molecule has 0 bridgehead atoms. The first-order valence-corrected chi connectivity index (χ1v) is 11.1. The van der Waals surface area contributed by atoms with Crippen molar-refractivity contribution in [2.45, 2.75) is 46.0 Å². The molecule has 1 saturated carbocycles. The van der Waals surface area contributed by atoms with Gasteiger partial charge in [-0.3, -0.25) is 4.79 Å². The van der Waals surface area contributed by atoms with Gasteiger partial charge >= 0.3 is 5.97 Å². The summed E-state index contributed by atoms with van der Waals surface area (Å²) in [4.78, 5) is 30.6. The van der Waals surface area contributed by atoms with E-state index >= 15 is 0 Å². The van der Waals surface area contributed by atoms with Gasteiger partial charge in [-0.15, -0.1) is 0 Å². The number of nitrogens with zero attached hydrogens (tertiary/aromatic N) is 1. The second-order valence-corrected chi connectivity index (χ2v) is 8.40. The number of ether oxygens (including phenoxy) is 1. The lowest BCUT2D eigenvalue weighted by molar-refractivity contribution is -0.896. The second kappa shape index (κ2) is 9.98. The monoisotopic (exact) mass is 404 g/mol. The molecule has 0 radical (unpaired) electrons. The molecule has 1 heterocycles. The molecule has 0 atom stereocenters. The Balaban J connectivity index is 1.60. The Labute approximate surface area is 170 Å². The number of likely N-dealkylation sites (N-methyl/N-ethyl adjacent to an activating group) is 1. The third-order valence-corrected chi connectivity index (χ3v) is 6.45. The van der Waals surface area contributed by atoms with Gasteiger partial charge in [-0.05, 0) is 44.9 Å². The van der Waals surface area contributed by atoms with Gasteiger partial charge in [0.05, 0.1) is 28.9 Å². The molecule has 0 aliphatic heterocycles. The number of hydrogen-bond donors (Lipinski definition) is 2. The summed E-state index contributed by atoms with van der Waals surface area (Å²) in [7, 11) is 0. The molecule has 0 spiro atoms. The topological polar surface area (TPSA) is 72.7 Å². The van der Waals surface area contributed by atoms with E-state index in [-0.39, 0.29) is 17.8 Å². The molecule has 1 fully saturated rings. The summed E-state index contributed by atoms with van der Waals surface area (Å²) >= 11 is 1.40. The van der Waals surface area contributed by atoms with Crippen molar-refractivity contribution >= 4 is 38.6 Å². The number of rotatable bonds is 8. The largest absolute Gasteiger partial charge is 0.456 e. The SMILES string of the molecule is CC[NH+](CC)CCOC(=O)c1ccc2nc(NC(=O)C3CCCCC3)sc2c1. The quantitative estimate of drug-likeness (QED) is 0.664. The highest BCUT2D eigenvalue weighted by molar-refractivity contribution is 7.22. The maximum Gasteiger partial charge on any atom is 0.338 e. The van der Waals surface area contributed by atoms with Crippen LogP contribution in [0.15, 0.2) is 18.2 Å². The third-order valence-electron chi connectivity index (χ3n) is 5.52. The van der Waals surface area contributed by atoms with Crippen LogP contribution in [0.3, 0.4) is 0 Å². The minimum absolute atomic E-state index is 0.0669. The summed E-state index contributed by atoms with van der Waals surface area (Å²) in [5, 5.41) is 3.56. The number of fused-ring (bicyclic) bond motifs is 1. The molecule has 1 amide bonds. The summed E-state index contributed by atoms with van der Waals surface area (Å²) in [6.07, 6.45) is 5.39. The highest BCUT2D eigenvalue weighted by atomic mass is 32.1. The Morgan fingerprint density at radius 3 is 2.68 bits per heavy atom. The Hall–Kier alpha value is -1.99. The number of carbonyl (C=O) groups is 2. The minimum atomic E-state index is -0.311. The Kier molecular flexibility index (Phi) is 7.39. The van der Waals surface area contributed by atoms with E-state index in [2.05, 4.69) is 24.1 Å². The molecular weight excluding hydrogens is 374 g/mol. The Morgan fingerprint density at radius 2 is 1.96 bits per heavy atom. The van der Waals surface area contributed by atoms with Crippen LogP contribution >= 0.6 is 11.3 Å². The molecule has 6 nitrogen and oxygen atoms in total. The fourth-order valence-corrected chi connectivity index (χ4v) is 4.56. The van der Waals surface area contributed by atoms with E-state index in [1.165, 1.54) is 22.7 Å². The predicted octanol–water partition coefficient (Wildman–Crippen LogP) is 2.90. The van der Waals surface area contributed by atoms with E-state index in [9.17, 15) is 9.59 Å². The van der Waals surface area contributed by atoms with Crippen molar-refractivity contribution < 1.29 is 19.2 Å². The van der Waals surface area contributed by atoms with E-state index in [0.717, 1.165) is 55.5 Å². The number of hydrogen-bond acceptors (Lipinski definition) is 5. The number of esters is 1. The van der Waals surface area contributed by atoms with Crippen molar-refractivity contribution in [3.05, 3.63) is 23.8 Å². The second-order valence-electron chi connectivity index (χ2n) is 7.37. The van der Waals surface area contributed by atoms with Crippen LogP contribution in [0, 0.1) is 5.92 Å². The first-order chi connectivity index (χ1) is 13.6. The van der Waals surface area contributed by atoms with Crippen LogP contribution in [0.1, 0.15) is 56.3 Å². The standard InChI is InChI=1S/C21H29N3O3S/c1-3-24(4-2)12-13-27-20(26)16-10-11-17-18(14-16)28-21(22-17)23-19(25)15-8-6-5-7-9-15/h10-11,14-15H,3-9,12-13H2,1-2H3,(H,22,23,25)/p+1. The van der Waals surface area contributed by atoms with Gasteiger partial charge in [-0.1, -0.05) is 30.6 Å². The van der Waals surface area contributed by atoms with Gasteiger partial charge in [0.25, 0.3) is 0 Å². The van der Waals surface area contributed by atoms with Gasteiger partial charge in [0.2, 0.25) is 5.91 Å². The van der Waals surface area contributed by atoms with Crippen molar-refractivity contribution in [2.75, 3.05) is 31.6 Å². The van der Waals surface area contributed by atoms with E-state index in [1.54, 1.807) is 12.1 Å². The summed E-state index contributed by atoms with van der Waals surface area (Å²) < 4.78 is 6.29. The van der Waals surface area contributed by atoms with Crippen molar-refractivity contribution in [1.82, 2.24) is 4.98 Å². The molecular formula is C21H30N3O3S+. The smallest absolute Gasteiger partial charge is 0.338 e. The van der Waals surface area contributed by atoms with Gasteiger partial charge in [-0.2, -0.15) is 0 Å². The summed E-state index contributed by atoms with van der Waals surface area (Å²) in [5.74, 6) is -0.147. The highest BCUT2D eigenvalue weighted by Crippen LogP contribution is 2.29. The highest BCUT2D eigenvalue weighted by Gasteiger charge is 2.22. The molecule has 1 aliphatic carbocycles. The summed E-state index contributed by atoms with van der Waals surface area (Å²) in [5.41, 5.74) is 1.31. The van der Waals surface area contributed by atoms with E-state index < -0.39 is 0 Å². The zero-order valence-electron chi connectivity index (χ0n) is 16.8. The van der Waals surface area contributed by atoms with Crippen LogP contribution in [0.4, 0.5) is 5.13 Å². The van der Waals surface area contributed by atoms with Crippen LogP contribution in [0.2, 0.25) is 0 Å². The maximum atomic E-state index is 12.4. The molecule has 1 aliphatic rings. The Morgan fingerprint density at radius 1 is 1.21 bits per heavy atom. The first kappa shape index (κ1) is 20.7. The van der Waals surface area contributed by atoms with Crippen molar-refractivity contribution in [1.29, 1.82) is 0 Å². The van der Waals surface area contributed by atoms with Gasteiger partial charge in [0.15, 0.2) is 5.13 Å². The number of carbonyl (C=O) groups excluding carboxylic acids is 2. The zero-order chi connectivity index (χ0) is 19.9. The molecule has 2 aromatic rings. The van der Waals surface area contributed by atoms with E-state index in [1.807, 2.05) is 6.07 Å². The summed E-state index contributed by atoms with van der Waals surface area (Å²) in [6.45, 7) is 7.54. The number of aromatic nitrogens is 1. The average molecular weight is 405 g/mol. The lowest BCUT2D eigenvalue weighted by Gasteiger charge is -2.19. The van der Waals surface area contributed by atoms with Gasteiger partial charge < -0.3 is 15.0 Å². The normalized spacial score (nSPS) is 15.1. The van der Waals surface area contributed by atoms with Crippen molar-refractivity contribution in [2.24, 2.45) is 5.92 Å². The summed E-state index contributed by atoms with van der Waals surface area (Å²) in [6, 6.07) is 5.35. The maximum absolute atomic E-state index is 12.4. The molecule has 28 heavy (non-hydrogen) atoms. The molecule has 3 rings (SSSR count). The van der Waals surface area contributed by atoms with Crippen molar-refractivity contribution in [3.8, 4) is 0 Å². The van der Waals surface area contributed by atoms with Crippen LogP contribution in [0.5, 0.6) is 0 Å². The number of quaternary nitrogens is 1. The molecule has 1 aromatic heterocycles. The number of thiazole rings is 1. The lowest BCUT2D eigenvalue weighted by Crippen LogP contribution is -3.11. The van der Waals surface area contributed by atoms with Gasteiger partial charge in [-0.25, -0.2) is 9.78 Å². The van der Waals surface area contributed by atoms with E-state index in [4.69, 9.17) is 4.74 Å². The van der Waals surface area contributed by atoms with Crippen molar-refractivity contribution in [3.63, 3.8) is 0 Å². The van der Waals surface area contributed by atoms with Crippen LogP contribution in [-0.4, -0.2) is 43.1 Å². The van der Waals surface area contributed by atoms with Crippen LogP contribution < -0.4 is 10.2 Å². The number of nitrogens with one attached hydrogen (secondary N) is 2. The molecule has 1 aromatic carbocycles. The van der Waals surface area contributed by atoms with E-state index in [0.29, 0.717) is 17.3 Å². The molecule has 7 heteroatoms. The fourth-order valence-electron chi connectivity index (χ4n) is 3.65. The first-order valence-electron chi connectivity index (χ1n) is 10.3. The van der Waals surface area contributed by atoms with Crippen LogP contribution in [-0.2, 0) is 9.53 Å². The predicted molar refractivity (Wildman–Crippen MR) is 112 cm³/mol. The molecule has 0 saturated heterocycles. The fraction of sp³-hybridized carbons (Fsp3) is 0.571. The molecule has 2 N–H and O–H groups in total. The van der Waals surface area contributed by atoms with Crippen LogP contribution in [0.25, 0.3) is 10.2 Å². The number of amides is 1. The van der Waals surface area contributed by atoms with Gasteiger partial charge in [0, 0.05) is 5.92 Å². The zero-order valence-corrected chi connectivity index (χ0v) is 17.6. The Bertz CT molecular complexity index is 810.